The van der Waals surface area contributed by atoms with Crippen LogP contribution in [0.4, 0.5) is 5.95 Å². The number of hydrogen-bond acceptors (Lipinski definition) is 5. The summed E-state index contributed by atoms with van der Waals surface area (Å²) in [6.45, 7) is 2.99. The Morgan fingerprint density at radius 1 is 1.62 bits per heavy atom. The van der Waals surface area contributed by atoms with E-state index in [0.29, 0.717) is 19.0 Å². The number of anilines is 1. The van der Waals surface area contributed by atoms with Gasteiger partial charge in [-0.05, 0) is 6.42 Å². The van der Waals surface area contributed by atoms with E-state index in [0.717, 1.165) is 6.42 Å². The molecule has 0 unspecified atom stereocenters. The second-order valence-electron chi connectivity index (χ2n) is 3.38. The van der Waals surface area contributed by atoms with Crippen LogP contribution in [0.15, 0.2) is 11.1 Å². The van der Waals surface area contributed by atoms with E-state index in [9.17, 15) is 4.79 Å². The van der Waals surface area contributed by atoms with Crippen LogP contribution in [-0.2, 0) is 11.5 Å². The fourth-order valence-electron chi connectivity index (χ4n) is 1.37. The Hall–Kier alpha value is -1.89. The molecule has 0 saturated heterocycles. The molecule has 0 amide bonds. The van der Waals surface area contributed by atoms with Crippen molar-refractivity contribution in [1.82, 2.24) is 19.5 Å². The van der Waals surface area contributed by atoms with E-state index in [1.165, 1.54) is 6.33 Å². The summed E-state index contributed by atoms with van der Waals surface area (Å²) >= 11 is 0. The highest BCUT2D eigenvalue weighted by atomic mass is 16.5. The molecule has 0 radical (unpaired) electrons. The zero-order valence-corrected chi connectivity index (χ0v) is 8.93. The molecule has 2 rings (SSSR count). The summed E-state index contributed by atoms with van der Waals surface area (Å²) in [4.78, 5) is 21.8. The summed E-state index contributed by atoms with van der Waals surface area (Å²) in [6, 6.07) is 0. The monoisotopic (exact) mass is 223 g/mol. The van der Waals surface area contributed by atoms with Crippen molar-refractivity contribution in [3.8, 4) is 0 Å². The van der Waals surface area contributed by atoms with E-state index in [-0.39, 0.29) is 17.0 Å². The third kappa shape index (κ3) is 1.89. The van der Waals surface area contributed by atoms with Crippen LogP contribution in [0.25, 0.3) is 11.2 Å². The maximum atomic E-state index is 11.5. The first-order valence-electron chi connectivity index (χ1n) is 5.00. The molecule has 86 valence electrons. The minimum atomic E-state index is -0.336. The average molecular weight is 223 g/mol. The SMILES string of the molecule is CCCOCn1cnc2c(=O)[nH]c(N)nc21. The van der Waals surface area contributed by atoms with Gasteiger partial charge in [-0.3, -0.25) is 14.3 Å². The third-order valence-corrected chi connectivity index (χ3v) is 2.07. The predicted molar refractivity (Wildman–Crippen MR) is 58.8 cm³/mol. The highest BCUT2D eigenvalue weighted by molar-refractivity contribution is 5.70. The van der Waals surface area contributed by atoms with Crippen molar-refractivity contribution in [2.24, 2.45) is 0 Å². The second-order valence-corrected chi connectivity index (χ2v) is 3.38. The van der Waals surface area contributed by atoms with Crippen LogP contribution in [0.3, 0.4) is 0 Å². The molecule has 0 aromatic carbocycles. The lowest BCUT2D eigenvalue weighted by Crippen LogP contribution is -2.12. The number of nitrogens with zero attached hydrogens (tertiary/aromatic N) is 3. The minimum absolute atomic E-state index is 0.0785. The van der Waals surface area contributed by atoms with Crippen LogP contribution in [0, 0.1) is 0 Å². The molecule has 0 saturated carbocycles. The first-order chi connectivity index (χ1) is 7.72. The van der Waals surface area contributed by atoms with Gasteiger partial charge in [-0.2, -0.15) is 4.98 Å². The molecule has 2 aromatic heterocycles. The highest BCUT2D eigenvalue weighted by Gasteiger charge is 2.08. The van der Waals surface area contributed by atoms with Crippen molar-refractivity contribution < 1.29 is 4.74 Å². The Morgan fingerprint density at radius 3 is 3.19 bits per heavy atom. The molecule has 7 heteroatoms. The van der Waals surface area contributed by atoms with Crippen LogP contribution in [-0.4, -0.2) is 26.1 Å². The standard InChI is InChI=1S/C9H13N5O2/c1-2-3-16-5-14-4-11-6-7(14)12-9(10)13-8(6)15/h4H,2-3,5H2,1H3,(H3,10,12,13,15). The number of hydrogen-bond donors (Lipinski definition) is 2. The molecule has 3 N–H and O–H groups in total. The number of fused-ring (bicyclic) bond motifs is 1. The van der Waals surface area contributed by atoms with Gasteiger partial charge in [-0.1, -0.05) is 6.92 Å². The van der Waals surface area contributed by atoms with Crippen LogP contribution >= 0.6 is 0 Å². The molecule has 0 aliphatic carbocycles. The van der Waals surface area contributed by atoms with E-state index in [1.54, 1.807) is 4.57 Å². The summed E-state index contributed by atoms with van der Waals surface area (Å²) in [7, 11) is 0. The van der Waals surface area contributed by atoms with Crippen LogP contribution in [0.5, 0.6) is 0 Å². The van der Waals surface area contributed by atoms with E-state index in [1.807, 2.05) is 6.92 Å². The second kappa shape index (κ2) is 4.31. The van der Waals surface area contributed by atoms with Crippen molar-refractivity contribution in [1.29, 1.82) is 0 Å². The molecule has 0 aliphatic rings. The van der Waals surface area contributed by atoms with Gasteiger partial charge >= 0.3 is 0 Å². The Morgan fingerprint density at radius 2 is 2.44 bits per heavy atom. The van der Waals surface area contributed by atoms with Gasteiger partial charge in [0.2, 0.25) is 5.95 Å². The number of rotatable bonds is 4. The maximum Gasteiger partial charge on any atom is 0.280 e. The van der Waals surface area contributed by atoms with Crippen LogP contribution < -0.4 is 11.3 Å². The van der Waals surface area contributed by atoms with Crippen LogP contribution in [0.2, 0.25) is 0 Å². The first-order valence-corrected chi connectivity index (χ1v) is 5.00. The van der Waals surface area contributed by atoms with Crippen LogP contribution in [0.1, 0.15) is 13.3 Å². The molecule has 2 heterocycles. The number of ether oxygens (including phenoxy) is 1. The van der Waals surface area contributed by atoms with Gasteiger partial charge < -0.3 is 10.5 Å². The van der Waals surface area contributed by atoms with Gasteiger partial charge in [0.25, 0.3) is 5.56 Å². The van der Waals surface area contributed by atoms with Gasteiger partial charge in [0, 0.05) is 6.61 Å². The maximum absolute atomic E-state index is 11.5. The van der Waals surface area contributed by atoms with Gasteiger partial charge in [0.15, 0.2) is 11.2 Å². The van der Waals surface area contributed by atoms with Crippen molar-refractivity contribution in [2.45, 2.75) is 20.1 Å². The lowest BCUT2D eigenvalue weighted by molar-refractivity contribution is 0.0797. The lowest BCUT2D eigenvalue weighted by atomic mass is 10.5. The molecule has 0 bridgehead atoms. The molecule has 0 fully saturated rings. The molecule has 7 nitrogen and oxygen atoms in total. The third-order valence-electron chi connectivity index (χ3n) is 2.07. The molecule has 0 atom stereocenters. The number of nitrogens with one attached hydrogen (secondary N) is 1. The van der Waals surface area contributed by atoms with Crippen molar-refractivity contribution in [3.05, 3.63) is 16.7 Å². The number of aromatic nitrogens is 4. The van der Waals surface area contributed by atoms with E-state index < -0.39 is 0 Å². The summed E-state index contributed by atoms with van der Waals surface area (Å²) in [5, 5.41) is 0. The zero-order valence-electron chi connectivity index (χ0n) is 8.93. The average Bonchev–Trinajstić information content (AvgIpc) is 2.62. The molecular weight excluding hydrogens is 210 g/mol. The predicted octanol–water partition coefficient (Wildman–Crippen LogP) is 0.0859. The minimum Gasteiger partial charge on any atom is -0.369 e. The fraction of sp³-hybridized carbons (Fsp3) is 0.444. The van der Waals surface area contributed by atoms with Gasteiger partial charge in [0.1, 0.15) is 6.73 Å². The molecule has 0 aliphatic heterocycles. The van der Waals surface area contributed by atoms with E-state index in [2.05, 4.69) is 15.0 Å². The number of imidazole rings is 1. The number of aromatic amines is 1. The van der Waals surface area contributed by atoms with Crippen molar-refractivity contribution in [2.75, 3.05) is 12.3 Å². The summed E-state index contributed by atoms with van der Waals surface area (Å²) < 4.78 is 6.99. The van der Waals surface area contributed by atoms with Gasteiger partial charge in [-0.25, -0.2) is 4.98 Å². The molecule has 16 heavy (non-hydrogen) atoms. The molecule has 0 spiro atoms. The van der Waals surface area contributed by atoms with E-state index in [4.69, 9.17) is 10.5 Å². The highest BCUT2D eigenvalue weighted by Crippen LogP contribution is 2.06. The quantitative estimate of drug-likeness (QED) is 0.715. The smallest absolute Gasteiger partial charge is 0.280 e. The summed E-state index contributed by atoms with van der Waals surface area (Å²) in [6.07, 6.45) is 2.45. The fourth-order valence-corrected chi connectivity index (χ4v) is 1.37. The van der Waals surface area contributed by atoms with E-state index >= 15 is 0 Å². The first kappa shape index (κ1) is 10.6. The Bertz CT molecular complexity index is 544. The van der Waals surface area contributed by atoms with Crippen molar-refractivity contribution in [3.63, 3.8) is 0 Å². The van der Waals surface area contributed by atoms with Gasteiger partial charge in [0.05, 0.1) is 6.33 Å². The zero-order chi connectivity index (χ0) is 11.5. The number of H-pyrrole nitrogens is 1. The Labute approximate surface area is 91.3 Å². The number of nitrogens with two attached hydrogens (primary N) is 1. The Balaban J connectivity index is 2.36. The topological polar surface area (TPSA) is 98.8 Å². The number of nitrogen functional groups attached to an aromatic ring is 1. The lowest BCUT2D eigenvalue weighted by Gasteiger charge is -2.03. The largest absolute Gasteiger partial charge is 0.369 e. The van der Waals surface area contributed by atoms with Gasteiger partial charge in [-0.15, -0.1) is 0 Å². The van der Waals surface area contributed by atoms with Crippen molar-refractivity contribution >= 4 is 17.1 Å². The normalized spacial score (nSPS) is 11.1. The molecular formula is C9H13N5O2. The molecule has 2 aromatic rings. The summed E-state index contributed by atoms with van der Waals surface area (Å²) in [5.74, 6) is 0.0785. The Kier molecular flexibility index (Phi) is 2.86. The summed E-state index contributed by atoms with van der Waals surface area (Å²) in [5.41, 5.74) is 5.84.